The van der Waals surface area contributed by atoms with Crippen molar-refractivity contribution in [3.8, 4) is 0 Å². The van der Waals surface area contributed by atoms with Crippen LogP contribution in [0, 0.1) is 16.7 Å². The number of ether oxygens (including phenoxy) is 1. The number of amides is 1. The lowest BCUT2D eigenvalue weighted by Gasteiger charge is -2.44. The molecule has 0 heterocycles. The predicted molar refractivity (Wildman–Crippen MR) is 73.2 cm³/mol. The lowest BCUT2D eigenvalue weighted by molar-refractivity contribution is -0.138. The second-order valence-corrected chi connectivity index (χ2v) is 6.59. The van der Waals surface area contributed by atoms with E-state index in [0.29, 0.717) is 19.0 Å². The molecule has 18 heavy (non-hydrogen) atoms. The lowest BCUT2D eigenvalue weighted by atomic mass is 9.62. The molecule has 0 saturated heterocycles. The first-order chi connectivity index (χ1) is 8.35. The van der Waals surface area contributed by atoms with Crippen molar-refractivity contribution in [3.63, 3.8) is 0 Å². The SMILES string of the molecule is COCCC(C)(C)CNC(=O)C1(CN)CC(C)C1. The maximum Gasteiger partial charge on any atom is 0.227 e. The van der Waals surface area contributed by atoms with Gasteiger partial charge in [-0.1, -0.05) is 20.8 Å². The third kappa shape index (κ3) is 3.69. The average molecular weight is 256 g/mol. The Morgan fingerprint density at radius 3 is 2.56 bits per heavy atom. The van der Waals surface area contributed by atoms with E-state index in [4.69, 9.17) is 10.5 Å². The van der Waals surface area contributed by atoms with E-state index in [-0.39, 0.29) is 16.7 Å². The van der Waals surface area contributed by atoms with Crippen molar-refractivity contribution >= 4 is 5.91 Å². The molecule has 0 aliphatic heterocycles. The summed E-state index contributed by atoms with van der Waals surface area (Å²) in [5.74, 6) is 0.759. The summed E-state index contributed by atoms with van der Waals surface area (Å²) in [5.41, 5.74) is 5.54. The number of nitrogens with two attached hydrogens (primary N) is 1. The Hall–Kier alpha value is -0.610. The standard InChI is InChI=1S/C14H28N2O2/c1-11-7-14(8-11,9-15)12(17)16-10-13(2,3)5-6-18-4/h11H,5-10,15H2,1-4H3,(H,16,17). The molecule has 0 aromatic rings. The summed E-state index contributed by atoms with van der Waals surface area (Å²) in [6.45, 7) is 8.33. The topological polar surface area (TPSA) is 64.3 Å². The van der Waals surface area contributed by atoms with E-state index in [1.165, 1.54) is 0 Å². The van der Waals surface area contributed by atoms with Crippen LogP contribution >= 0.6 is 0 Å². The molecule has 3 N–H and O–H groups in total. The van der Waals surface area contributed by atoms with Crippen LogP contribution in [0.15, 0.2) is 0 Å². The summed E-state index contributed by atoms with van der Waals surface area (Å²) in [7, 11) is 1.70. The third-order valence-electron chi connectivity index (χ3n) is 4.06. The van der Waals surface area contributed by atoms with Crippen LogP contribution in [0.2, 0.25) is 0 Å². The highest BCUT2D eigenvalue weighted by molar-refractivity contribution is 5.84. The largest absolute Gasteiger partial charge is 0.385 e. The zero-order valence-corrected chi connectivity index (χ0v) is 12.2. The molecule has 1 amide bonds. The summed E-state index contributed by atoms with van der Waals surface area (Å²) >= 11 is 0. The average Bonchev–Trinajstić information content (AvgIpc) is 2.29. The molecular weight excluding hydrogens is 228 g/mol. The molecule has 0 aromatic carbocycles. The first kappa shape index (κ1) is 15.4. The molecule has 0 spiro atoms. The van der Waals surface area contributed by atoms with Gasteiger partial charge in [-0.05, 0) is 30.6 Å². The van der Waals surface area contributed by atoms with E-state index in [1.807, 2.05) is 0 Å². The lowest BCUT2D eigenvalue weighted by Crippen LogP contribution is -2.54. The maximum atomic E-state index is 12.2. The first-order valence-corrected chi connectivity index (χ1v) is 6.82. The minimum absolute atomic E-state index is 0.0663. The fourth-order valence-electron chi connectivity index (χ4n) is 2.69. The minimum Gasteiger partial charge on any atom is -0.385 e. The molecule has 4 heteroatoms. The van der Waals surface area contributed by atoms with E-state index in [2.05, 4.69) is 26.1 Å². The van der Waals surface area contributed by atoms with E-state index in [0.717, 1.165) is 25.9 Å². The van der Waals surface area contributed by atoms with Crippen molar-refractivity contribution in [2.45, 2.75) is 40.0 Å². The van der Waals surface area contributed by atoms with E-state index in [1.54, 1.807) is 7.11 Å². The van der Waals surface area contributed by atoms with Crippen LogP contribution in [-0.2, 0) is 9.53 Å². The number of nitrogens with one attached hydrogen (secondary N) is 1. The van der Waals surface area contributed by atoms with Crippen LogP contribution in [-0.4, -0.2) is 32.7 Å². The Labute approximate surface area is 111 Å². The van der Waals surface area contributed by atoms with Gasteiger partial charge in [0.1, 0.15) is 0 Å². The molecule has 1 rings (SSSR count). The molecular formula is C14H28N2O2. The number of carbonyl (C=O) groups excluding carboxylic acids is 1. The van der Waals surface area contributed by atoms with E-state index < -0.39 is 0 Å². The predicted octanol–water partition coefficient (Wildman–Crippen LogP) is 1.54. The van der Waals surface area contributed by atoms with Gasteiger partial charge in [0.2, 0.25) is 5.91 Å². The fraction of sp³-hybridized carbons (Fsp3) is 0.929. The Kier molecular flexibility index (Phi) is 5.17. The fourth-order valence-corrected chi connectivity index (χ4v) is 2.69. The smallest absolute Gasteiger partial charge is 0.227 e. The van der Waals surface area contributed by atoms with Crippen molar-refractivity contribution in [1.29, 1.82) is 0 Å². The van der Waals surface area contributed by atoms with Gasteiger partial charge in [0.15, 0.2) is 0 Å². The normalized spacial score (nSPS) is 27.7. The van der Waals surface area contributed by atoms with Gasteiger partial charge in [-0.15, -0.1) is 0 Å². The number of rotatable bonds is 7. The Morgan fingerprint density at radius 1 is 1.50 bits per heavy atom. The molecule has 0 radical (unpaired) electrons. The molecule has 1 saturated carbocycles. The number of methoxy groups -OCH3 is 1. The molecule has 0 unspecified atom stereocenters. The summed E-state index contributed by atoms with van der Waals surface area (Å²) in [6.07, 6.45) is 2.79. The van der Waals surface area contributed by atoms with Crippen molar-refractivity contribution in [2.24, 2.45) is 22.5 Å². The molecule has 1 fully saturated rings. The van der Waals surface area contributed by atoms with Crippen molar-refractivity contribution < 1.29 is 9.53 Å². The van der Waals surface area contributed by atoms with Crippen molar-refractivity contribution in [3.05, 3.63) is 0 Å². The molecule has 4 nitrogen and oxygen atoms in total. The van der Waals surface area contributed by atoms with Gasteiger partial charge in [0.25, 0.3) is 0 Å². The van der Waals surface area contributed by atoms with Gasteiger partial charge in [0.05, 0.1) is 5.41 Å². The molecule has 0 bridgehead atoms. The Balaban J connectivity index is 2.41. The Bertz CT molecular complexity index is 284. The van der Waals surface area contributed by atoms with Crippen molar-refractivity contribution in [1.82, 2.24) is 5.32 Å². The van der Waals surface area contributed by atoms with Gasteiger partial charge in [-0.25, -0.2) is 0 Å². The van der Waals surface area contributed by atoms with Gasteiger partial charge in [0, 0.05) is 26.8 Å². The molecule has 106 valence electrons. The second-order valence-electron chi connectivity index (χ2n) is 6.59. The number of carbonyl (C=O) groups is 1. The van der Waals surface area contributed by atoms with Crippen LogP contribution in [0.1, 0.15) is 40.0 Å². The zero-order valence-electron chi connectivity index (χ0n) is 12.2. The Morgan fingerprint density at radius 2 is 2.11 bits per heavy atom. The molecule has 0 atom stereocenters. The number of hydrogen-bond acceptors (Lipinski definition) is 3. The van der Waals surface area contributed by atoms with Gasteiger partial charge in [-0.2, -0.15) is 0 Å². The highest BCUT2D eigenvalue weighted by Gasteiger charge is 2.47. The highest BCUT2D eigenvalue weighted by Crippen LogP contribution is 2.44. The minimum atomic E-state index is -0.295. The van der Waals surface area contributed by atoms with Crippen LogP contribution in [0.4, 0.5) is 0 Å². The molecule has 1 aliphatic rings. The van der Waals surface area contributed by atoms with Crippen LogP contribution in [0.3, 0.4) is 0 Å². The number of hydrogen-bond donors (Lipinski definition) is 2. The zero-order chi connectivity index (χ0) is 13.8. The van der Waals surface area contributed by atoms with Gasteiger partial charge >= 0.3 is 0 Å². The molecule has 1 aliphatic carbocycles. The third-order valence-corrected chi connectivity index (χ3v) is 4.06. The summed E-state index contributed by atoms with van der Waals surface area (Å²) in [4.78, 5) is 12.2. The quantitative estimate of drug-likeness (QED) is 0.726. The summed E-state index contributed by atoms with van der Waals surface area (Å²) in [6, 6.07) is 0. The van der Waals surface area contributed by atoms with E-state index in [9.17, 15) is 4.79 Å². The first-order valence-electron chi connectivity index (χ1n) is 6.82. The van der Waals surface area contributed by atoms with Crippen LogP contribution in [0.5, 0.6) is 0 Å². The monoisotopic (exact) mass is 256 g/mol. The summed E-state index contributed by atoms with van der Waals surface area (Å²) < 4.78 is 5.09. The van der Waals surface area contributed by atoms with E-state index >= 15 is 0 Å². The van der Waals surface area contributed by atoms with Gasteiger partial charge in [-0.3, -0.25) is 4.79 Å². The van der Waals surface area contributed by atoms with Crippen LogP contribution < -0.4 is 11.1 Å². The van der Waals surface area contributed by atoms with Crippen molar-refractivity contribution in [2.75, 3.05) is 26.8 Å². The van der Waals surface area contributed by atoms with Crippen LogP contribution in [0.25, 0.3) is 0 Å². The molecule has 0 aromatic heterocycles. The highest BCUT2D eigenvalue weighted by atomic mass is 16.5. The summed E-state index contributed by atoms with van der Waals surface area (Å²) in [5, 5.41) is 3.07. The second kappa shape index (κ2) is 6.02. The maximum absolute atomic E-state index is 12.2. The van der Waals surface area contributed by atoms with Gasteiger partial charge < -0.3 is 15.8 Å².